The van der Waals surface area contributed by atoms with E-state index < -0.39 is 0 Å². The van der Waals surface area contributed by atoms with Gasteiger partial charge in [0.2, 0.25) is 0 Å². The van der Waals surface area contributed by atoms with Crippen LogP contribution >= 0.6 is 34.2 Å². The molecule has 1 aromatic carbocycles. The van der Waals surface area contributed by atoms with Crippen LogP contribution in [0.3, 0.4) is 0 Å². The van der Waals surface area contributed by atoms with Gasteiger partial charge in [-0.15, -0.1) is 0 Å². The Balaban J connectivity index is 3.21. The predicted octanol–water partition coefficient (Wildman–Crippen LogP) is 2.66. The average molecular weight is 284 g/mol. The number of hydrogen-bond donors (Lipinski definition) is 1. The Morgan fingerprint density at radius 3 is 2.64 bits per heavy atom. The summed E-state index contributed by atoms with van der Waals surface area (Å²) in [5.74, 6) is 0.755. The van der Waals surface area contributed by atoms with Crippen LogP contribution in [0.1, 0.15) is 0 Å². The third-order valence-corrected chi connectivity index (χ3v) is 2.34. The lowest BCUT2D eigenvalue weighted by atomic mass is 10.3. The molecule has 0 saturated carbocycles. The molecule has 0 heterocycles. The highest BCUT2D eigenvalue weighted by Gasteiger charge is 2.05. The van der Waals surface area contributed by atoms with Crippen LogP contribution < -0.4 is 4.74 Å². The maximum atomic E-state index is 9.23. The summed E-state index contributed by atoms with van der Waals surface area (Å²) in [6.07, 6.45) is 0. The van der Waals surface area contributed by atoms with Gasteiger partial charge in [-0.1, -0.05) is 11.6 Å². The fraction of sp³-hybridized carbons (Fsp3) is 0.143. The molecule has 1 N–H and O–H groups in total. The molecular weight excluding hydrogens is 278 g/mol. The van der Waals surface area contributed by atoms with E-state index in [1.165, 1.54) is 0 Å². The van der Waals surface area contributed by atoms with Gasteiger partial charge in [-0.2, -0.15) is 0 Å². The van der Waals surface area contributed by atoms with E-state index in [2.05, 4.69) is 0 Å². The minimum atomic E-state index is 0.105. The van der Waals surface area contributed by atoms with E-state index in [4.69, 9.17) is 16.3 Å². The zero-order valence-electron chi connectivity index (χ0n) is 5.77. The summed E-state index contributed by atoms with van der Waals surface area (Å²) in [7, 11) is 1.55. The molecule has 11 heavy (non-hydrogen) atoms. The highest BCUT2D eigenvalue weighted by atomic mass is 127. The van der Waals surface area contributed by atoms with Crippen LogP contribution in [0.15, 0.2) is 12.1 Å². The second-order valence-electron chi connectivity index (χ2n) is 1.94. The molecule has 1 aromatic rings. The van der Waals surface area contributed by atoms with E-state index in [-0.39, 0.29) is 5.75 Å². The molecule has 0 aliphatic rings. The molecule has 0 aliphatic heterocycles. The molecule has 0 unspecified atom stereocenters. The second-order valence-corrected chi connectivity index (χ2v) is 3.51. The summed E-state index contributed by atoms with van der Waals surface area (Å²) in [5.41, 5.74) is 0. The number of halogens is 2. The molecule has 0 saturated heterocycles. The van der Waals surface area contributed by atoms with E-state index in [1.807, 2.05) is 22.6 Å². The highest BCUT2D eigenvalue weighted by Crippen LogP contribution is 2.32. The van der Waals surface area contributed by atoms with E-state index in [9.17, 15) is 5.11 Å². The summed E-state index contributed by atoms with van der Waals surface area (Å²) in [6, 6.07) is 3.28. The SMILES string of the molecule is COc1cc(Cl)c(O)c(I)c1. The Kier molecular flexibility index (Phi) is 2.84. The maximum Gasteiger partial charge on any atom is 0.147 e. The summed E-state index contributed by atoms with van der Waals surface area (Å²) >= 11 is 7.65. The summed E-state index contributed by atoms with van der Waals surface area (Å²) < 4.78 is 5.62. The lowest BCUT2D eigenvalue weighted by Crippen LogP contribution is -1.84. The van der Waals surface area contributed by atoms with Crippen molar-refractivity contribution in [2.24, 2.45) is 0 Å². The van der Waals surface area contributed by atoms with Crippen molar-refractivity contribution in [2.45, 2.75) is 0 Å². The molecule has 0 radical (unpaired) electrons. The molecule has 0 aliphatic carbocycles. The molecule has 0 bridgehead atoms. The first-order valence-electron chi connectivity index (χ1n) is 2.87. The number of rotatable bonds is 1. The molecular formula is C7H6ClIO2. The number of phenolic OH excluding ortho intramolecular Hbond substituents is 1. The second kappa shape index (κ2) is 3.49. The van der Waals surface area contributed by atoms with E-state index in [0.717, 1.165) is 0 Å². The fourth-order valence-corrected chi connectivity index (χ4v) is 1.63. The number of ether oxygens (including phenoxy) is 1. The number of methoxy groups -OCH3 is 1. The van der Waals surface area contributed by atoms with Gasteiger partial charge in [0.1, 0.15) is 11.5 Å². The third-order valence-electron chi connectivity index (χ3n) is 1.23. The van der Waals surface area contributed by atoms with Crippen LogP contribution in [-0.4, -0.2) is 12.2 Å². The Bertz CT molecular complexity index is 252. The van der Waals surface area contributed by atoms with E-state index in [0.29, 0.717) is 14.3 Å². The summed E-state index contributed by atoms with van der Waals surface area (Å²) in [4.78, 5) is 0. The summed E-state index contributed by atoms with van der Waals surface area (Å²) in [5, 5.41) is 9.54. The van der Waals surface area contributed by atoms with E-state index >= 15 is 0 Å². The molecule has 2 nitrogen and oxygen atoms in total. The zero-order valence-corrected chi connectivity index (χ0v) is 8.68. The number of aromatic hydroxyl groups is 1. The van der Waals surface area contributed by atoms with Crippen molar-refractivity contribution in [3.05, 3.63) is 20.7 Å². The van der Waals surface area contributed by atoms with Crippen molar-refractivity contribution >= 4 is 34.2 Å². The van der Waals surface area contributed by atoms with Crippen LogP contribution in [-0.2, 0) is 0 Å². The highest BCUT2D eigenvalue weighted by molar-refractivity contribution is 14.1. The van der Waals surface area contributed by atoms with Crippen LogP contribution in [0.5, 0.6) is 11.5 Å². The third kappa shape index (κ3) is 1.90. The lowest BCUT2D eigenvalue weighted by Gasteiger charge is -2.03. The predicted molar refractivity (Wildman–Crippen MR) is 52.4 cm³/mol. The molecule has 0 spiro atoms. The molecule has 4 heteroatoms. The van der Waals surface area contributed by atoms with Crippen molar-refractivity contribution in [2.75, 3.05) is 7.11 Å². The van der Waals surface area contributed by atoms with Crippen molar-refractivity contribution in [3.63, 3.8) is 0 Å². The van der Waals surface area contributed by atoms with Crippen molar-refractivity contribution in [3.8, 4) is 11.5 Å². The minimum Gasteiger partial charge on any atom is -0.505 e. The standard InChI is InChI=1S/C7H6ClIO2/c1-11-4-2-5(8)7(10)6(9)3-4/h2-3,10H,1H3. The van der Waals surface area contributed by atoms with Gasteiger partial charge in [-0.3, -0.25) is 0 Å². The normalized spacial score (nSPS) is 9.73. The summed E-state index contributed by atoms with van der Waals surface area (Å²) in [6.45, 7) is 0. The Hall–Kier alpha value is -0.160. The first-order chi connectivity index (χ1) is 5.15. The molecule has 1 rings (SSSR count). The van der Waals surface area contributed by atoms with Crippen molar-refractivity contribution < 1.29 is 9.84 Å². The number of phenols is 1. The van der Waals surface area contributed by atoms with Crippen LogP contribution in [0.2, 0.25) is 5.02 Å². The van der Waals surface area contributed by atoms with Gasteiger partial charge in [-0.05, 0) is 28.7 Å². The molecule has 0 atom stereocenters. The van der Waals surface area contributed by atoms with Gasteiger partial charge < -0.3 is 9.84 Å². The number of hydrogen-bond acceptors (Lipinski definition) is 2. The molecule has 60 valence electrons. The largest absolute Gasteiger partial charge is 0.505 e. The minimum absolute atomic E-state index is 0.105. The smallest absolute Gasteiger partial charge is 0.147 e. The topological polar surface area (TPSA) is 29.5 Å². The fourth-order valence-electron chi connectivity index (χ4n) is 0.660. The van der Waals surface area contributed by atoms with Gasteiger partial charge in [-0.25, -0.2) is 0 Å². The zero-order chi connectivity index (χ0) is 8.43. The Morgan fingerprint density at radius 1 is 1.55 bits per heavy atom. The lowest BCUT2D eigenvalue weighted by molar-refractivity contribution is 0.411. The van der Waals surface area contributed by atoms with Gasteiger partial charge in [0, 0.05) is 6.07 Å². The average Bonchev–Trinajstić information content (AvgIpc) is 1.99. The molecule has 0 aromatic heterocycles. The van der Waals surface area contributed by atoms with Gasteiger partial charge >= 0.3 is 0 Å². The van der Waals surface area contributed by atoms with E-state index in [1.54, 1.807) is 19.2 Å². The number of benzene rings is 1. The van der Waals surface area contributed by atoms with Crippen molar-refractivity contribution in [1.82, 2.24) is 0 Å². The van der Waals surface area contributed by atoms with Crippen LogP contribution in [0.25, 0.3) is 0 Å². The maximum absolute atomic E-state index is 9.23. The Labute approximate surface area is 83.3 Å². The van der Waals surface area contributed by atoms with Crippen molar-refractivity contribution in [1.29, 1.82) is 0 Å². The van der Waals surface area contributed by atoms with Gasteiger partial charge in [0.15, 0.2) is 0 Å². The van der Waals surface area contributed by atoms with Crippen LogP contribution in [0.4, 0.5) is 0 Å². The van der Waals surface area contributed by atoms with Gasteiger partial charge in [0.25, 0.3) is 0 Å². The first-order valence-corrected chi connectivity index (χ1v) is 4.33. The Morgan fingerprint density at radius 2 is 2.18 bits per heavy atom. The molecule has 0 fully saturated rings. The first kappa shape index (κ1) is 8.93. The van der Waals surface area contributed by atoms with Gasteiger partial charge in [0.05, 0.1) is 15.7 Å². The quantitative estimate of drug-likeness (QED) is 0.804. The monoisotopic (exact) mass is 284 g/mol. The van der Waals surface area contributed by atoms with Crippen LogP contribution in [0, 0.1) is 3.57 Å². The molecule has 0 amide bonds.